The molecular formula is C22H33N3O3S. The van der Waals surface area contributed by atoms with Gasteiger partial charge >= 0.3 is 0 Å². The van der Waals surface area contributed by atoms with Gasteiger partial charge in [0.05, 0.1) is 11.6 Å². The number of nitrogens with one attached hydrogen (secondary N) is 2. The summed E-state index contributed by atoms with van der Waals surface area (Å²) < 4.78 is 6.20. The number of hydrogen-bond acceptors (Lipinski definition) is 5. The molecule has 1 saturated heterocycles. The van der Waals surface area contributed by atoms with Crippen molar-refractivity contribution in [1.82, 2.24) is 15.6 Å². The Balaban J connectivity index is 1.44. The quantitative estimate of drug-likeness (QED) is 0.742. The molecule has 1 aliphatic heterocycles. The zero-order valence-electron chi connectivity index (χ0n) is 17.9. The minimum atomic E-state index is -0.118. The van der Waals surface area contributed by atoms with Crippen LogP contribution < -0.4 is 10.6 Å². The molecule has 2 saturated carbocycles. The average Bonchev–Trinajstić information content (AvgIpc) is 3.37. The van der Waals surface area contributed by atoms with Gasteiger partial charge < -0.3 is 15.4 Å². The topological polar surface area (TPSA) is 80.3 Å². The van der Waals surface area contributed by atoms with E-state index < -0.39 is 0 Å². The van der Waals surface area contributed by atoms with Crippen molar-refractivity contribution < 1.29 is 14.3 Å². The molecule has 6 nitrogen and oxygen atoms in total. The van der Waals surface area contributed by atoms with Crippen LogP contribution in [0.5, 0.6) is 0 Å². The fraction of sp³-hybridized carbons (Fsp3) is 0.773. The van der Waals surface area contributed by atoms with E-state index in [9.17, 15) is 9.59 Å². The van der Waals surface area contributed by atoms with Crippen molar-refractivity contribution in [2.75, 3.05) is 13.2 Å². The van der Waals surface area contributed by atoms with Crippen molar-refractivity contribution in [1.29, 1.82) is 0 Å². The Morgan fingerprint density at radius 1 is 1.38 bits per heavy atom. The maximum Gasteiger partial charge on any atom is 0.270 e. The van der Waals surface area contributed by atoms with Gasteiger partial charge in [-0.25, -0.2) is 4.98 Å². The molecule has 2 heterocycles. The van der Waals surface area contributed by atoms with Crippen molar-refractivity contribution in [2.45, 2.75) is 65.5 Å². The van der Waals surface area contributed by atoms with Crippen LogP contribution in [0.15, 0.2) is 10.9 Å². The Bertz CT molecular complexity index is 763. The Morgan fingerprint density at radius 2 is 2.17 bits per heavy atom. The first-order valence-corrected chi connectivity index (χ1v) is 11.8. The highest BCUT2D eigenvalue weighted by atomic mass is 32.1. The lowest BCUT2D eigenvalue weighted by Crippen LogP contribution is -2.60. The standard InChI is InChI=1S/C22H33N3O3S/c1-13(2)18(26)25-20-21(3,4)14-9-15-17(28-8-6-22(15,20)10-14)5-7-23-19(27)16-11-29-12-24-16/h11-15,17,20H,5-10H2,1-4H3,(H,23,27)(H,25,26)/t14-,15-,17-,20+,22-/m1/s1. The lowest BCUT2D eigenvalue weighted by atomic mass is 9.59. The van der Waals surface area contributed by atoms with Gasteiger partial charge in [0.15, 0.2) is 0 Å². The molecule has 2 aliphatic carbocycles. The van der Waals surface area contributed by atoms with E-state index in [0.29, 0.717) is 24.1 Å². The van der Waals surface area contributed by atoms with Crippen molar-refractivity contribution in [3.63, 3.8) is 0 Å². The van der Waals surface area contributed by atoms with Crippen LogP contribution in [-0.4, -0.2) is 42.1 Å². The van der Waals surface area contributed by atoms with E-state index in [1.165, 1.54) is 17.8 Å². The van der Waals surface area contributed by atoms with E-state index in [2.05, 4.69) is 29.5 Å². The van der Waals surface area contributed by atoms with Gasteiger partial charge in [0, 0.05) is 30.5 Å². The molecule has 5 atom stereocenters. The summed E-state index contributed by atoms with van der Waals surface area (Å²) in [5.74, 6) is 1.09. The monoisotopic (exact) mass is 419 g/mol. The predicted molar refractivity (Wildman–Crippen MR) is 113 cm³/mol. The number of nitrogens with zero attached hydrogens (tertiary/aromatic N) is 1. The first-order chi connectivity index (χ1) is 13.8. The molecule has 1 aromatic heterocycles. The minimum absolute atomic E-state index is 0.00339. The number of carbonyl (C=O) groups is 2. The third-order valence-electron chi connectivity index (χ3n) is 7.81. The fourth-order valence-corrected chi connectivity index (χ4v) is 6.78. The summed E-state index contributed by atoms with van der Waals surface area (Å²) in [6.07, 6.45) is 4.30. The number of aromatic nitrogens is 1. The number of carbonyl (C=O) groups excluding carboxylic acids is 2. The van der Waals surface area contributed by atoms with Gasteiger partial charge in [0.25, 0.3) is 5.91 Å². The van der Waals surface area contributed by atoms with Crippen LogP contribution in [0.2, 0.25) is 0 Å². The van der Waals surface area contributed by atoms with Gasteiger partial charge in [-0.3, -0.25) is 9.59 Å². The molecule has 2 N–H and O–H groups in total. The van der Waals surface area contributed by atoms with Crippen molar-refractivity contribution in [2.24, 2.45) is 28.6 Å². The first-order valence-electron chi connectivity index (χ1n) is 10.8. The summed E-state index contributed by atoms with van der Waals surface area (Å²) in [5.41, 5.74) is 2.39. The SMILES string of the molecule is CC(C)C(=O)N[C@H]1C(C)(C)[C@@H]2C[C@@H]3[C@@H](CCNC(=O)c4cscn4)OCC[C@@]31C2. The van der Waals surface area contributed by atoms with Crippen LogP contribution in [0, 0.1) is 28.6 Å². The van der Waals surface area contributed by atoms with Gasteiger partial charge in [-0.15, -0.1) is 11.3 Å². The summed E-state index contributed by atoms with van der Waals surface area (Å²) >= 11 is 1.42. The number of rotatable bonds is 6. The number of fused-ring (bicyclic) bond motifs is 1. The first kappa shape index (κ1) is 20.8. The summed E-state index contributed by atoms with van der Waals surface area (Å²) in [5, 5.41) is 8.18. The van der Waals surface area contributed by atoms with Crippen LogP contribution in [0.25, 0.3) is 0 Å². The number of hydrogen-bond donors (Lipinski definition) is 2. The summed E-state index contributed by atoms with van der Waals surface area (Å²) in [6, 6.07) is 0.199. The molecule has 2 amide bonds. The second-order valence-electron chi connectivity index (χ2n) is 9.97. The van der Waals surface area contributed by atoms with Gasteiger partial charge in [-0.1, -0.05) is 27.7 Å². The molecule has 3 aliphatic rings. The Morgan fingerprint density at radius 3 is 2.86 bits per heavy atom. The number of amides is 2. The largest absolute Gasteiger partial charge is 0.378 e. The van der Waals surface area contributed by atoms with E-state index in [-0.39, 0.29) is 40.7 Å². The number of thiazole rings is 1. The zero-order valence-corrected chi connectivity index (χ0v) is 18.7. The van der Waals surface area contributed by atoms with E-state index in [1.807, 2.05) is 13.8 Å². The molecule has 1 aromatic rings. The molecule has 0 radical (unpaired) electrons. The highest BCUT2D eigenvalue weighted by Gasteiger charge is 2.68. The summed E-state index contributed by atoms with van der Waals surface area (Å²) in [7, 11) is 0. The van der Waals surface area contributed by atoms with Crippen LogP contribution in [0.4, 0.5) is 0 Å². The lowest BCUT2D eigenvalue weighted by molar-refractivity contribution is -0.138. The smallest absolute Gasteiger partial charge is 0.270 e. The van der Waals surface area contributed by atoms with Crippen molar-refractivity contribution >= 4 is 23.2 Å². The molecule has 29 heavy (non-hydrogen) atoms. The highest BCUT2D eigenvalue weighted by Crippen LogP contribution is 2.68. The molecule has 160 valence electrons. The Kier molecular flexibility index (Phi) is 5.49. The van der Waals surface area contributed by atoms with E-state index >= 15 is 0 Å². The van der Waals surface area contributed by atoms with Crippen LogP contribution in [0.3, 0.4) is 0 Å². The second kappa shape index (κ2) is 7.65. The summed E-state index contributed by atoms with van der Waals surface area (Å²) in [4.78, 5) is 28.8. The maximum absolute atomic E-state index is 12.6. The van der Waals surface area contributed by atoms with Crippen LogP contribution >= 0.6 is 11.3 Å². The molecule has 1 spiro atoms. The van der Waals surface area contributed by atoms with E-state index in [1.54, 1.807) is 10.9 Å². The van der Waals surface area contributed by atoms with Gasteiger partial charge in [0.1, 0.15) is 5.69 Å². The van der Waals surface area contributed by atoms with Crippen LogP contribution in [-0.2, 0) is 9.53 Å². The third-order valence-corrected chi connectivity index (χ3v) is 8.40. The lowest BCUT2D eigenvalue weighted by Gasteiger charge is -2.53. The molecule has 7 heteroatoms. The molecule has 4 rings (SSSR count). The van der Waals surface area contributed by atoms with E-state index in [4.69, 9.17) is 4.74 Å². The fourth-order valence-electron chi connectivity index (χ4n) is 6.25. The molecular weight excluding hydrogens is 386 g/mol. The molecule has 0 aromatic carbocycles. The number of ether oxygens (including phenoxy) is 1. The normalized spacial score (nSPS) is 34.8. The van der Waals surface area contributed by atoms with Gasteiger partial charge in [0.2, 0.25) is 5.91 Å². The maximum atomic E-state index is 12.6. The predicted octanol–water partition coefficient (Wildman–Crippen LogP) is 3.25. The minimum Gasteiger partial charge on any atom is -0.378 e. The second-order valence-corrected chi connectivity index (χ2v) is 10.7. The third kappa shape index (κ3) is 3.50. The Hall–Kier alpha value is -1.47. The van der Waals surface area contributed by atoms with Crippen LogP contribution in [0.1, 0.15) is 63.9 Å². The van der Waals surface area contributed by atoms with E-state index in [0.717, 1.165) is 25.9 Å². The zero-order chi connectivity index (χ0) is 20.8. The average molecular weight is 420 g/mol. The van der Waals surface area contributed by atoms with Crippen molar-refractivity contribution in [3.8, 4) is 0 Å². The Labute approximate surface area is 177 Å². The molecule has 0 unspecified atom stereocenters. The summed E-state index contributed by atoms with van der Waals surface area (Å²) in [6.45, 7) is 9.90. The molecule has 3 fully saturated rings. The van der Waals surface area contributed by atoms with Gasteiger partial charge in [-0.2, -0.15) is 0 Å². The van der Waals surface area contributed by atoms with Crippen molar-refractivity contribution in [3.05, 3.63) is 16.6 Å². The highest BCUT2D eigenvalue weighted by molar-refractivity contribution is 7.07. The van der Waals surface area contributed by atoms with Gasteiger partial charge in [-0.05, 0) is 48.3 Å². The molecule has 2 bridgehead atoms.